The lowest BCUT2D eigenvalue weighted by Crippen LogP contribution is -2.55. The second-order valence-electron chi connectivity index (χ2n) is 8.09. The molecule has 0 aliphatic carbocycles. The zero-order valence-electron chi connectivity index (χ0n) is 16.4. The summed E-state index contributed by atoms with van der Waals surface area (Å²) in [4.78, 5) is 13.3. The highest BCUT2D eigenvalue weighted by Crippen LogP contribution is 2.36. The Labute approximate surface area is 158 Å². The van der Waals surface area contributed by atoms with Gasteiger partial charge in [-0.05, 0) is 33.8 Å². The van der Waals surface area contributed by atoms with E-state index < -0.39 is 48.2 Å². The Hall–Kier alpha value is -1.27. The number of rotatable bonds is 7. The van der Waals surface area contributed by atoms with Crippen molar-refractivity contribution in [2.75, 3.05) is 20.2 Å². The molecule has 0 bridgehead atoms. The number of hydrogen-bond acceptors (Lipinski definition) is 8. The number of aliphatic hydroxyl groups is 5. The Morgan fingerprint density at radius 2 is 1.70 bits per heavy atom. The van der Waals surface area contributed by atoms with E-state index in [9.17, 15) is 30.4 Å². The first-order chi connectivity index (χ1) is 12.2. The lowest BCUT2D eigenvalue weighted by atomic mass is 9.86. The maximum Gasteiger partial charge on any atom is 0.414 e. The van der Waals surface area contributed by atoms with Crippen molar-refractivity contribution >= 4 is 6.09 Å². The second kappa shape index (κ2) is 8.82. The molecule has 1 rings (SSSR count). The van der Waals surface area contributed by atoms with Crippen molar-refractivity contribution in [3.8, 4) is 0 Å². The Morgan fingerprint density at radius 3 is 2.19 bits per heavy atom. The van der Waals surface area contributed by atoms with Crippen LogP contribution in [0.4, 0.5) is 4.79 Å². The maximum absolute atomic E-state index is 12.3. The molecule has 0 aromatic rings. The Bertz CT molecular complexity index is 551. The number of aliphatic hydroxyl groups excluding tert-OH is 5. The number of amides is 1. The van der Waals surface area contributed by atoms with E-state index in [1.807, 2.05) is 0 Å². The van der Waals surface area contributed by atoms with E-state index in [-0.39, 0.29) is 13.0 Å². The summed E-state index contributed by atoms with van der Waals surface area (Å²) >= 11 is 0. The highest BCUT2D eigenvalue weighted by molar-refractivity contribution is 5.68. The molecule has 157 valence electrons. The van der Waals surface area contributed by atoms with E-state index in [2.05, 4.69) is 0 Å². The third-order valence-electron chi connectivity index (χ3n) is 4.51. The molecule has 1 aliphatic heterocycles. The summed E-state index contributed by atoms with van der Waals surface area (Å²) in [6.07, 6.45) is -5.79. The molecule has 0 aromatic carbocycles. The molecule has 10 nitrogen and oxygen atoms in total. The van der Waals surface area contributed by atoms with Crippen LogP contribution in [-0.2, 0) is 9.94 Å². The van der Waals surface area contributed by atoms with Gasteiger partial charge in [0.15, 0.2) is 0 Å². The summed E-state index contributed by atoms with van der Waals surface area (Å²) in [6.45, 7) is 5.70. The van der Waals surface area contributed by atoms with Crippen LogP contribution < -0.4 is 0 Å². The highest BCUT2D eigenvalue weighted by Gasteiger charge is 2.43. The van der Waals surface area contributed by atoms with Crippen LogP contribution in [0.3, 0.4) is 0 Å². The SMILES string of the molecule is CN(CC(O)C(O)C(O)C(O)CO)C(=O)OC1=CC(C)(C)N([O])C(C)(C)C1. The first-order valence-electron chi connectivity index (χ1n) is 8.68. The smallest absolute Gasteiger partial charge is 0.414 e. The molecular formula is C17H31N2O8. The number of ether oxygens (including phenoxy) is 1. The lowest BCUT2D eigenvalue weighted by molar-refractivity contribution is -0.265. The van der Waals surface area contributed by atoms with Crippen molar-refractivity contribution < 1.29 is 40.3 Å². The summed E-state index contributed by atoms with van der Waals surface area (Å²) in [5.74, 6) is 0.319. The molecule has 1 amide bonds. The number of nitrogens with zero attached hydrogens (tertiary/aromatic N) is 2. The molecule has 0 fully saturated rings. The van der Waals surface area contributed by atoms with Gasteiger partial charge in [0.25, 0.3) is 0 Å². The number of hydrogen-bond donors (Lipinski definition) is 5. The quantitative estimate of drug-likeness (QED) is 0.370. The first kappa shape index (κ1) is 23.8. The Kier molecular flexibility index (Phi) is 7.77. The predicted octanol–water partition coefficient (Wildman–Crippen LogP) is -1.02. The fraction of sp³-hybridized carbons (Fsp3) is 0.824. The average molecular weight is 391 g/mol. The lowest BCUT2D eigenvalue weighted by Gasteiger charge is -2.44. The first-order valence-corrected chi connectivity index (χ1v) is 8.68. The van der Waals surface area contributed by atoms with Crippen LogP contribution >= 0.6 is 0 Å². The van der Waals surface area contributed by atoms with Gasteiger partial charge in [-0.1, -0.05) is 0 Å². The molecule has 1 aliphatic rings. The molecule has 27 heavy (non-hydrogen) atoms. The zero-order chi connectivity index (χ0) is 21.2. The van der Waals surface area contributed by atoms with Gasteiger partial charge in [-0.15, -0.1) is 10.3 Å². The Morgan fingerprint density at radius 1 is 1.19 bits per heavy atom. The minimum atomic E-state index is -1.78. The van der Waals surface area contributed by atoms with E-state index in [1.165, 1.54) is 7.05 Å². The number of likely N-dealkylation sites (N-methyl/N-ethyl adjacent to an activating group) is 1. The minimum absolute atomic E-state index is 0.214. The zero-order valence-corrected chi connectivity index (χ0v) is 16.4. The summed E-state index contributed by atoms with van der Waals surface area (Å²) < 4.78 is 5.32. The summed E-state index contributed by atoms with van der Waals surface area (Å²) in [6, 6.07) is 0. The van der Waals surface area contributed by atoms with E-state index in [1.54, 1.807) is 33.8 Å². The fourth-order valence-electron chi connectivity index (χ4n) is 3.06. The largest absolute Gasteiger partial charge is 0.415 e. The third-order valence-corrected chi connectivity index (χ3v) is 4.51. The van der Waals surface area contributed by atoms with Gasteiger partial charge in [0.1, 0.15) is 30.2 Å². The van der Waals surface area contributed by atoms with Crippen molar-refractivity contribution in [3.05, 3.63) is 11.8 Å². The number of carbonyl (C=O) groups excluding carboxylic acids is 1. The summed E-state index contributed by atoms with van der Waals surface area (Å²) in [7, 11) is 1.33. The van der Waals surface area contributed by atoms with E-state index in [0.717, 1.165) is 9.96 Å². The topological polar surface area (TPSA) is 154 Å². The van der Waals surface area contributed by atoms with Crippen LogP contribution in [0.25, 0.3) is 0 Å². The van der Waals surface area contributed by atoms with Crippen LogP contribution in [0.5, 0.6) is 0 Å². The summed E-state index contributed by atoms with van der Waals surface area (Å²) in [5, 5.41) is 60.7. The molecule has 0 saturated carbocycles. The highest BCUT2D eigenvalue weighted by atomic mass is 16.6. The normalized spacial score (nSPS) is 23.7. The molecule has 1 radical (unpaired) electrons. The van der Waals surface area contributed by atoms with Gasteiger partial charge in [-0.2, -0.15) is 0 Å². The molecule has 0 spiro atoms. The van der Waals surface area contributed by atoms with Crippen molar-refractivity contribution in [3.63, 3.8) is 0 Å². The van der Waals surface area contributed by atoms with E-state index >= 15 is 0 Å². The molecule has 0 aromatic heterocycles. The van der Waals surface area contributed by atoms with Gasteiger partial charge >= 0.3 is 6.09 Å². The number of hydroxylamine groups is 2. The van der Waals surface area contributed by atoms with E-state index in [4.69, 9.17) is 9.84 Å². The van der Waals surface area contributed by atoms with Crippen LogP contribution in [-0.4, -0.2) is 97.3 Å². The second-order valence-corrected chi connectivity index (χ2v) is 8.09. The van der Waals surface area contributed by atoms with Crippen molar-refractivity contribution in [2.24, 2.45) is 0 Å². The molecule has 5 N–H and O–H groups in total. The molecule has 1 heterocycles. The van der Waals surface area contributed by atoms with Crippen LogP contribution in [0, 0.1) is 0 Å². The van der Waals surface area contributed by atoms with Gasteiger partial charge in [0.05, 0.1) is 24.2 Å². The van der Waals surface area contributed by atoms with Gasteiger partial charge in [-0.3, -0.25) is 0 Å². The van der Waals surface area contributed by atoms with Gasteiger partial charge in [-0.25, -0.2) is 4.79 Å². The Balaban J connectivity index is 2.72. The van der Waals surface area contributed by atoms with Gasteiger partial charge in [0, 0.05) is 13.5 Å². The molecule has 0 saturated heterocycles. The van der Waals surface area contributed by atoms with Gasteiger partial charge < -0.3 is 35.2 Å². The molecule has 4 atom stereocenters. The van der Waals surface area contributed by atoms with Crippen molar-refractivity contribution in [1.82, 2.24) is 9.96 Å². The molecule has 10 heteroatoms. The minimum Gasteiger partial charge on any atom is -0.415 e. The average Bonchev–Trinajstić information content (AvgIpc) is 2.56. The van der Waals surface area contributed by atoms with Crippen LogP contribution in [0.2, 0.25) is 0 Å². The van der Waals surface area contributed by atoms with Crippen molar-refractivity contribution in [1.29, 1.82) is 0 Å². The van der Waals surface area contributed by atoms with Crippen LogP contribution in [0.15, 0.2) is 11.8 Å². The fourth-order valence-corrected chi connectivity index (χ4v) is 3.06. The number of carbonyl (C=O) groups is 1. The predicted molar refractivity (Wildman–Crippen MR) is 93.6 cm³/mol. The van der Waals surface area contributed by atoms with Crippen LogP contribution in [0.1, 0.15) is 34.1 Å². The molecular weight excluding hydrogens is 360 g/mol. The van der Waals surface area contributed by atoms with E-state index in [0.29, 0.717) is 5.76 Å². The maximum atomic E-state index is 12.3. The van der Waals surface area contributed by atoms with Gasteiger partial charge in [0.2, 0.25) is 0 Å². The third kappa shape index (κ3) is 5.85. The molecule has 4 unspecified atom stereocenters. The van der Waals surface area contributed by atoms with Crippen molar-refractivity contribution in [2.45, 2.75) is 69.6 Å². The monoisotopic (exact) mass is 391 g/mol. The standard InChI is InChI=1S/C17H31N2O8/c1-16(2)6-10(7-17(3,4)19(16)26)27-15(25)18(5)8-11(21)13(23)14(24)12(22)9-20/h6,11-14,20-24H,7-9H2,1-5H3. The summed E-state index contributed by atoms with van der Waals surface area (Å²) in [5.41, 5.74) is -1.64.